The van der Waals surface area contributed by atoms with E-state index in [1.165, 1.54) is 123 Å². The zero-order chi connectivity index (χ0) is 41.0. The van der Waals surface area contributed by atoms with E-state index in [9.17, 15) is 0 Å². The van der Waals surface area contributed by atoms with E-state index in [1.54, 1.807) is 11.6 Å². The highest BCUT2D eigenvalue weighted by Crippen LogP contribution is 2.32. The standard InChI is InChI=1S/C23H36S.C10H16.C9H15N.C4H10.C3H6.C2H6/c1-4-5-13-21-17-19(3)22(16-15-18(21)2)23(24)14-8-6-7-10-20-11-9-12-20;1-5-10(6-2)8-7-9(3)4;1-4-7(2)10-8(3)9-5-6-9;1-3-4-2;1-3-2;1-2/h16-17,20H,4-15H2,1-3H3;5,7-8H,3,6H2,1-2,4H3;4,9H,5-6H2,1-3H3;3-4H2,1-2H3;3H,1H2,2H3;1-2H3/b;8-7-,10-5-;7-4-,10-8?;;;. The molecular formula is C51H89NS. The van der Waals surface area contributed by atoms with Crippen LogP contribution in [-0.4, -0.2) is 10.6 Å². The third kappa shape index (κ3) is 31.7. The van der Waals surface area contributed by atoms with Gasteiger partial charge in [0.05, 0.1) is 0 Å². The van der Waals surface area contributed by atoms with E-state index in [1.807, 2.05) is 53.7 Å². The Morgan fingerprint density at radius 1 is 0.849 bits per heavy atom. The van der Waals surface area contributed by atoms with Gasteiger partial charge < -0.3 is 0 Å². The van der Waals surface area contributed by atoms with E-state index in [0.29, 0.717) is 0 Å². The third-order valence-corrected chi connectivity index (χ3v) is 10.0. The summed E-state index contributed by atoms with van der Waals surface area (Å²) in [5.74, 6) is 1.87. The predicted octanol–water partition coefficient (Wildman–Crippen LogP) is 18.2. The van der Waals surface area contributed by atoms with Crippen LogP contribution in [0.25, 0.3) is 0 Å². The maximum atomic E-state index is 5.78. The molecule has 0 unspecified atom stereocenters. The quantitative estimate of drug-likeness (QED) is 0.0503. The van der Waals surface area contributed by atoms with Gasteiger partial charge in [0.2, 0.25) is 0 Å². The Balaban J connectivity index is -0.000000712. The fraction of sp³-hybridized carbons (Fsp3) is 0.647. The molecule has 53 heavy (non-hydrogen) atoms. The Labute approximate surface area is 339 Å². The van der Waals surface area contributed by atoms with Crippen LogP contribution in [0, 0.1) is 11.8 Å². The summed E-state index contributed by atoms with van der Waals surface area (Å²) in [6.07, 6.45) is 37.2. The van der Waals surface area contributed by atoms with Crippen molar-refractivity contribution < 1.29 is 0 Å². The molecule has 0 aromatic rings. The average molecular weight is 748 g/mol. The molecule has 0 aromatic carbocycles. The van der Waals surface area contributed by atoms with Gasteiger partial charge in [-0.25, -0.2) is 0 Å². The highest BCUT2D eigenvalue weighted by Gasteiger charge is 2.24. The summed E-state index contributed by atoms with van der Waals surface area (Å²) in [4.78, 5) is 5.63. The van der Waals surface area contributed by atoms with E-state index >= 15 is 0 Å². The molecule has 0 radical (unpaired) electrons. The first-order valence-corrected chi connectivity index (χ1v) is 22.1. The first kappa shape index (κ1) is 55.0. The molecule has 1 nitrogen and oxygen atoms in total. The van der Waals surface area contributed by atoms with Crippen LogP contribution in [0.5, 0.6) is 0 Å². The van der Waals surface area contributed by atoms with Gasteiger partial charge in [-0.2, -0.15) is 0 Å². The monoisotopic (exact) mass is 748 g/mol. The van der Waals surface area contributed by atoms with Crippen molar-refractivity contribution in [2.75, 3.05) is 0 Å². The highest BCUT2D eigenvalue weighted by atomic mass is 32.1. The molecule has 3 aliphatic carbocycles. The molecule has 2 fully saturated rings. The molecule has 0 atom stereocenters. The van der Waals surface area contributed by atoms with Crippen molar-refractivity contribution in [2.45, 2.75) is 206 Å². The van der Waals surface area contributed by atoms with Crippen LogP contribution >= 0.6 is 12.2 Å². The van der Waals surface area contributed by atoms with Crippen LogP contribution in [-0.2, 0) is 0 Å². The van der Waals surface area contributed by atoms with Gasteiger partial charge in [-0.05, 0) is 135 Å². The molecule has 3 rings (SSSR count). The lowest BCUT2D eigenvalue weighted by atomic mass is 9.81. The maximum absolute atomic E-state index is 5.78. The number of allylic oxidation sites excluding steroid dienone is 14. The topological polar surface area (TPSA) is 12.4 Å². The van der Waals surface area contributed by atoms with E-state index in [2.05, 4.69) is 97.8 Å². The van der Waals surface area contributed by atoms with Crippen molar-refractivity contribution in [1.29, 1.82) is 0 Å². The molecule has 2 saturated carbocycles. The molecule has 0 amide bonds. The lowest BCUT2D eigenvalue weighted by Gasteiger charge is -2.25. The van der Waals surface area contributed by atoms with Crippen molar-refractivity contribution >= 4 is 22.8 Å². The molecule has 0 bridgehead atoms. The van der Waals surface area contributed by atoms with Crippen LogP contribution in [0.3, 0.4) is 0 Å². The van der Waals surface area contributed by atoms with Crippen LogP contribution < -0.4 is 0 Å². The smallest absolute Gasteiger partial charge is 0.0329 e. The maximum Gasteiger partial charge on any atom is 0.0329 e. The summed E-state index contributed by atoms with van der Waals surface area (Å²) in [6.45, 7) is 36.6. The van der Waals surface area contributed by atoms with Gasteiger partial charge in [-0.3, -0.25) is 4.99 Å². The summed E-state index contributed by atoms with van der Waals surface area (Å²) in [6, 6.07) is 0. The van der Waals surface area contributed by atoms with Gasteiger partial charge in [0.25, 0.3) is 0 Å². The average Bonchev–Trinajstić information content (AvgIpc) is 4.00. The summed E-state index contributed by atoms with van der Waals surface area (Å²) in [5, 5.41) is 0. The first-order valence-electron chi connectivity index (χ1n) is 21.7. The number of hydrogen-bond acceptors (Lipinski definition) is 2. The van der Waals surface area contributed by atoms with Crippen LogP contribution in [0.1, 0.15) is 206 Å². The van der Waals surface area contributed by atoms with Crippen LogP contribution in [0.4, 0.5) is 0 Å². The van der Waals surface area contributed by atoms with Crippen molar-refractivity contribution in [3.63, 3.8) is 0 Å². The molecule has 304 valence electrons. The predicted molar refractivity (Wildman–Crippen MR) is 253 cm³/mol. The minimum atomic E-state index is 0.815. The third-order valence-electron chi connectivity index (χ3n) is 9.62. The molecular weight excluding hydrogens is 659 g/mol. The summed E-state index contributed by atoms with van der Waals surface area (Å²) >= 11 is 5.78. The minimum absolute atomic E-state index is 0.815. The first-order chi connectivity index (χ1) is 25.4. The molecule has 2 heteroatoms. The van der Waals surface area contributed by atoms with Crippen molar-refractivity contribution in [3.05, 3.63) is 94.8 Å². The number of nitrogens with zero attached hydrogens (tertiary/aromatic N) is 1. The van der Waals surface area contributed by atoms with Gasteiger partial charge in [-0.15, -0.1) is 6.58 Å². The fourth-order valence-corrected chi connectivity index (χ4v) is 5.80. The molecule has 0 aromatic heterocycles. The zero-order valence-electron chi connectivity index (χ0n) is 38.0. The number of hydrogen-bond donors (Lipinski definition) is 0. The lowest BCUT2D eigenvalue weighted by Crippen LogP contribution is -2.10. The normalized spacial score (nSPS) is 15.8. The van der Waals surface area contributed by atoms with E-state index in [4.69, 9.17) is 12.2 Å². The summed E-state index contributed by atoms with van der Waals surface area (Å²) in [5.41, 5.74) is 10.7. The minimum Gasteiger partial charge on any atom is -0.263 e. The van der Waals surface area contributed by atoms with Crippen molar-refractivity contribution in [3.8, 4) is 0 Å². The Morgan fingerprint density at radius 3 is 1.89 bits per heavy atom. The van der Waals surface area contributed by atoms with Crippen molar-refractivity contribution in [2.24, 2.45) is 16.8 Å². The second-order valence-electron chi connectivity index (χ2n) is 14.6. The van der Waals surface area contributed by atoms with Crippen molar-refractivity contribution in [1.82, 2.24) is 0 Å². The van der Waals surface area contributed by atoms with Gasteiger partial charge >= 0.3 is 0 Å². The molecule has 0 N–H and O–H groups in total. The van der Waals surface area contributed by atoms with Crippen LogP contribution in [0.2, 0.25) is 0 Å². The number of aliphatic imine (C=N–C) groups is 1. The molecule has 0 spiro atoms. The highest BCUT2D eigenvalue weighted by molar-refractivity contribution is 7.80. The van der Waals surface area contributed by atoms with Gasteiger partial charge in [0.15, 0.2) is 0 Å². The Hall–Kier alpha value is -2.32. The fourth-order valence-electron chi connectivity index (χ4n) is 5.41. The number of unbranched alkanes of at least 4 members (excludes halogenated alkanes) is 4. The Morgan fingerprint density at radius 2 is 1.45 bits per heavy atom. The Kier molecular flexibility index (Phi) is 39.4. The van der Waals surface area contributed by atoms with Gasteiger partial charge in [0.1, 0.15) is 0 Å². The Bertz CT molecular complexity index is 1180. The second kappa shape index (κ2) is 38.0. The zero-order valence-corrected chi connectivity index (χ0v) is 38.8. The van der Waals surface area contributed by atoms with Crippen LogP contribution in [0.15, 0.2) is 99.8 Å². The summed E-state index contributed by atoms with van der Waals surface area (Å²) in [7, 11) is 0. The number of thiocarbonyl (C=S) groups is 1. The molecule has 0 heterocycles. The van der Waals surface area contributed by atoms with E-state index in [-0.39, 0.29) is 0 Å². The number of rotatable bonds is 16. The lowest BCUT2D eigenvalue weighted by molar-refractivity contribution is 0.287. The largest absolute Gasteiger partial charge is 0.263 e. The van der Waals surface area contributed by atoms with E-state index in [0.717, 1.165) is 42.4 Å². The molecule has 0 saturated heterocycles. The molecule has 0 aliphatic heterocycles. The van der Waals surface area contributed by atoms with E-state index < -0.39 is 0 Å². The van der Waals surface area contributed by atoms with Gasteiger partial charge in [-0.1, -0.05) is 177 Å². The van der Waals surface area contributed by atoms with Gasteiger partial charge in [0, 0.05) is 16.3 Å². The second-order valence-corrected chi connectivity index (χ2v) is 15.1. The molecule has 3 aliphatic rings. The summed E-state index contributed by atoms with van der Waals surface area (Å²) < 4.78 is 0. The SMILES string of the molecule is C/C=C(/C)N=C(C)C1CC1.C=C(C)/C=C\C(=C/C)CC.C=CC.CC.CCCC.CCCCC1=C(C)CC=C(C(=S)CCCCCC2CCC2)C(C)=C1.